The number of methoxy groups -OCH3 is 1. The fourth-order valence-electron chi connectivity index (χ4n) is 3.15. The Morgan fingerprint density at radius 1 is 1.11 bits per heavy atom. The van der Waals surface area contributed by atoms with Crippen LogP contribution < -0.4 is 14.9 Å². The molecule has 0 bridgehead atoms. The summed E-state index contributed by atoms with van der Waals surface area (Å²) in [5.74, 6) is 0.728. The lowest BCUT2D eigenvalue weighted by Crippen LogP contribution is -2.27. The summed E-state index contributed by atoms with van der Waals surface area (Å²) in [6.07, 6.45) is 4.84. The van der Waals surface area contributed by atoms with Crippen LogP contribution in [0.15, 0.2) is 45.8 Å². The molecule has 0 unspecified atom stereocenters. The Morgan fingerprint density at radius 3 is 2.63 bits per heavy atom. The van der Waals surface area contributed by atoms with Gasteiger partial charge in [-0.3, -0.25) is 4.79 Å². The van der Waals surface area contributed by atoms with E-state index in [9.17, 15) is 15.0 Å². The van der Waals surface area contributed by atoms with E-state index in [4.69, 9.17) is 13.9 Å². The number of hydrogen-bond acceptors (Lipinski definition) is 6. The predicted molar refractivity (Wildman–Crippen MR) is 102 cm³/mol. The molecule has 0 atom stereocenters. The number of phenolic OH excluding ortho intramolecular Hbond substituents is 2. The van der Waals surface area contributed by atoms with Gasteiger partial charge in [-0.25, -0.2) is 0 Å². The fourth-order valence-corrected chi connectivity index (χ4v) is 3.15. The third-order valence-corrected chi connectivity index (χ3v) is 4.54. The Hall–Kier alpha value is -3.41. The first-order valence-corrected chi connectivity index (χ1v) is 8.38. The lowest BCUT2D eigenvalue weighted by Gasteiger charge is -2.29. The molecule has 0 saturated carbocycles. The van der Waals surface area contributed by atoms with Crippen LogP contribution in [0.2, 0.25) is 0 Å². The first-order valence-electron chi connectivity index (χ1n) is 8.38. The van der Waals surface area contributed by atoms with Crippen LogP contribution in [0.4, 0.5) is 0 Å². The van der Waals surface area contributed by atoms with E-state index >= 15 is 0 Å². The maximum atomic E-state index is 12.9. The van der Waals surface area contributed by atoms with E-state index in [1.165, 1.54) is 31.6 Å². The maximum Gasteiger partial charge on any atom is 0.200 e. The molecule has 4 rings (SSSR count). The zero-order valence-electron chi connectivity index (χ0n) is 15.1. The Labute approximate surface area is 154 Å². The molecule has 1 aliphatic rings. The van der Waals surface area contributed by atoms with Gasteiger partial charge in [0, 0.05) is 11.6 Å². The maximum absolute atomic E-state index is 12.9. The molecule has 2 aromatic carbocycles. The summed E-state index contributed by atoms with van der Waals surface area (Å²) in [7, 11) is 1.50. The number of fused-ring (bicyclic) bond motifs is 2. The van der Waals surface area contributed by atoms with Crippen LogP contribution in [0.5, 0.6) is 23.0 Å². The molecular weight excluding hydrogens is 348 g/mol. The van der Waals surface area contributed by atoms with E-state index in [-0.39, 0.29) is 33.6 Å². The average Bonchev–Trinajstić information content (AvgIpc) is 2.62. The molecule has 0 fully saturated rings. The van der Waals surface area contributed by atoms with Crippen molar-refractivity contribution in [1.29, 1.82) is 0 Å². The average molecular weight is 366 g/mol. The lowest BCUT2D eigenvalue weighted by molar-refractivity contribution is 0.151. The zero-order valence-corrected chi connectivity index (χ0v) is 15.1. The van der Waals surface area contributed by atoms with E-state index in [1.54, 1.807) is 12.1 Å². The molecule has 0 amide bonds. The van der Waals surface area contributed by atoms with Crippen LogP contribution in [0.3, 0.4) is 0 Å². The Morgan fingerprint density at radius 2 is 1.89 bits per heavy atom. The SMILES string of the molecule is COc1cc(-c2coc3cc(O)ccc3c2=O)c(O)c2c1OC(C)(C)C=C2. The predicted octanol–water partition coefficient (Wildman–Crippen LogP) is 4.06. The highest BCUT2D eigenvalue weighted by molar-refractivity contribution is 5.87. The van der Waals surface area contributed by atoms with Gasteiger partial charge in [-0.15, -0.1) is 0 Å². The highest BCUT2D eigenvalue weighted by atomic mass is 16.5. The van der Waals surface area contributed by atoms with Gasteiger partial charge >= 0.3 is 0 Å². The van der Waals surface area contributed by atoms with Crippen LogP contribution in [-0.4, -0.2) is 22.9 Å². The first-order chi connectivity index (χ1) is 12.8. The van der Waals surface area contributed by atoms with Gasteiger partial charge in [0.2, 0.25) is 5.43 Å². The highest BCUT2D eigenvalue weighted by Gasteiger charge is 2.29. The van der Waals surface area contributed by atoms with Crippen LogP contribution >= 0.6 is 0 Å². The van der Waals surface area contributed by atoms with Crippen molar-refractivity contribution in [2.24, 2.45) is 0 Å². The molecular formula is C21H18O6. The first kappa shape index (κ1) is 17.0. The van der Waals surface area contributed by atoms with Crippen LogP contribution in [0.1, 0.15) is 19.4 Å². The summed E-state index contributed by atoms with van der Waals surface area (Å²) in [5, 5.41) is 20.7. The van der Waals surface area contributed by atoms with Gasteiger partial charge in [-0.1, -0.05) is 0 Å². The lowest BCUT2D eigenvalue weighted by atomic mass is 9.96. The molecule has 0 aliphatic carbocycles. The largest absolute Gasteiger partial charge is 0.508 e. The van der Waals surface area contributed by atoms with E-state index in [1.807, 2.05) is 19.9 Å². The third-order valence-electron chi connectivity index (χ3n) is 4.54. The van der Waals surface area contributed by atoms with Crippen LogP contribution in [0, 0.1) is 0 Å². The number of ether oxygens (including phenoxy) is 2. The molecule has 6 heteroatoms. The molecule has 0 spiro atoms. The zero-order chi connectivity index (χ0) is 19.3. The van der Waals surface area contributed by atoms with E-state index in [0.29, 0.717) is 22.4 Å². The van der Waals surface area contributed by atoms with Gasteiger partial charge in [-0.05, 0) is 44.2 Å². The number of hydrogen-bond donors (Lipinski definition) is 2. The second kappa shape index (κ2) is 5.81. The number of benzene rings is 2. The molecule has 3 aromatic rings. The van der Waals surface area contributed by atoms with Crippen molar-refractivity contribution in [3.05, 3.63) is 52.4 Å². The topological polar surface area (TPSA) is 89.1 Å². The van der Waals surface area contributed by atoms with Gasteiger partial charge in [0.1, 0.15) is 28.9 Å². The van der Waals surface area contributed by atoms with Gasteiger partial charge in [0.15, 0.2) is 11.5 Å². The van der Waals surface area contributed by atoms with Crippen molar-refractivity contribution in [2.75, 3.05) is 7.11 Å². The van der Waals surface area contributed by atoms with E-state index < -0.39 is 5.60 Å². The number of phenols is 2. The second-order valence-electron chi connectivity index (χ2n) is 6.92. The summed E-state index contributed by atoms with van der Waals surface area (Å²) in [6, 6.07) is 5.82. The molecule has 1 aromatic heterocycles. The smallest absolute Gasteiger partial charge is 0.200 e. The minimum absolute atomic E-state index is 0.00148. The minimum atomic E-state index is -0.543. The summed E-state index contributed by atoms with van der Waals surface area (Å²) >= 11 is 0. The number of rotatable bonds is 2. The summed E-state index contributed by atoms with van der Waals surface area (Å²) < 4.78 is 16.9. The van der Waals surface area contributed by atoms with E-state index in [0.717, 1.165) is 0 Å². The quantitative estimate of drug-likeness (QED) is 0.711. The molecule has 1 aliphatic heterocycles. The van der Waals surface area contributed by atoms with Gasteiger partial charge < -0.3 is 24.1 Å². The summed E-state index contributed by atoms with van der Waals surface area (Å²) in [5.41, 5.74) is 0.298. The molecule has 0 radical (unpaired) electrons. The van der Waals surface area contributed by atoms with Crippen molar-refractivity contribution in [2.45, 2.75) is 19.4 Å². The van der Waals surface area contributed by atoms with Crippen molar-refractivity contribution in [1.82, 2.24) is 0 Å². The van der Waals surface area contributed by atoms with Gasteiger partial charge in [0.25, 0.3) is 0 Å². The summed E-state index contributed by atoms with van der Waals surface area (Å²) in [4.78, 5) is 12.9. The standard InChI is InChI=1S/C21H18O6/c1-21(2)7-6-13-19(24)14(9-17(25-3)20(13)27-21)15-10-26-16-8-11(22)4-5-12(16)18(15)23/h4-10,22,24H,1-3H3. The molecule has 0 saturated heterocycles. The van der Waals surface area contributed by atoms with E-state index in [2.05, 4.69) is 0 Å². The van der Waals surface area contributed by atoms with Crippen LogP contribution in [-0.2, 0) is 0 Å². The normalized spacial score (nSPS) is 14.6. The Balaban J connectivity index is 1.98. The molecule has 2 N–H and O–H groups in total. The number of aromatic hydroxyl groups is 2. The Kier molecular flexibility index (Phi) is 3.66. The fraction of sp³-hybridized carbons (Fsp3) is 0.190. The minimum Gasteiger partial charge on any atom is -0.508 e. The van der Waals surface area contributed by atoms with Crippen molar-refractivity contribution in [3.63, 3.8) is 0 Å². The molecule has 27 heavy (non-hydrogen) atoms. The second-order valence-corrected chi connectivity index (χ2v) is 6.92. The molecule has 138 valence electrons. The highest BCUT2D eigenvalue weighted by Crippen LogP contribution is 2.47. The van der Waals surface area contributed by atoms with Crippen LogP contribution in [0.25, 0.3) is 28.2 Å². The molecule has 6 nitrogen and oxygen atoms in total. The monoisotopic (exact) mass is 366 g/mol. The third kappa shape index (κ3) is 2.70. The van der Waals surface area contributed by atoms with Crippen molar-refractivity contribution in [3.8, 4) is 34.1 Å². The van der Waals surface area contributed by atoms with Gasteiger partial charge in [0.05, 0.1) is 23.6 Å². The van der Waals surface area contributed by atoms with Gasteiger partial charge in [-0.2, -0.15) is 0 Å². The molecule has 2 heterocycles. The Bertz CT molecular complexity index is 1150. The van der Waals surface area contributed by atoms with Crippen molar-refractivity contribution >= 4 is 17.0 Å². The van der Waals surface area contributed by atoms with Crippen molar-refractivity contribution < 1.29 is 24.1 Å². The summed E-state index contributed by atoms with van der Waals surface area (Å²) in [6.45, 7) is 3.79.